The smallest absolute Gasteiger partial charge is 0.237 e. The number of hydrogen-bond acceptors (Lipinski definition) is 3. The molecule has 1 saturated heterocycles. The molecule has 0 radical (unpaired) electrons. The van der Waals surface area contributed by atoms with E-state index in [2.05, 4.69) is 22.9 Å². The zero-order valence-electron chi connectivity index (χ0n) is 12.3. The van der Waals surface area contributed by atoms with Gasteiger partial charge in [0.25, 0.3) is 0 Å². The van der Waals surface area contributed by atoms with E-state index in [4.69, 9.17) is 0 Å². The van der Waals surface area contributed by atoms with E-state index >= 15 is 0 Å². The van der Waals surface area contributed by atoms with Gasteiger partial charge in [0.2, 0.25) is 11.8 Å². The highest BCUT2D eigenvalue weighted by molar-refractivity contribution is 5.83. The van der Waals surface area contributed by atoms with Gasteiger partial charge in [0.15, 0.2) is 0 Å². The summed E-state index contributed by atoms with van der Waals surface area (Å²) in [7, 11) is 0. The van der Waals surface area contributed by atoms with Crippen LogP contribution in [0.5, 0.6) is 0 Å². The highest BCUT2D eigenvalue weighted by Crippen LogP contribution is 2.12. The third-order valence-electron chi connectivity index (χ3n) is 3.60. The van der Waals surface area contributed by atoms with E-state index in [1.54, 1.807) is 0 Å². The van der Waals surface area contributed by atoms with Crippen molar-refractivity contribution in [2.45, 2.75) is 71.0 Å². The Labute approximate surface area is 115 Å². The zero-order chi connectivity index (χ0) is 14.3. The van der Waals surface area contributed by atoms with Crippen LogP contribution in [0, 0.1) is 0 Å². The quantitative estimate of drug-likeness (QED) is 0.672. The van der Waals surface area contributed by atoms with E-state index in [9.17, 15) is 9.59 Å². The number of amides is 2. The van der Waals surface area contributed by atoms with Gasteiger partial charge in [0.05, 0.1) is 6.04 Å². The van der Waals surface area contributed by atoms with Crippen LogP contribution in [0.1, 0.15) is 52.9 Å². The molecule has 3 atom stereocenters. The molecular formula is C14H27N3O2. The normalized spacial score (nSPS) is 24.6. The van der Waals surface area contributed by atoms with Gasteiger partial charge in [-0.1, -0.05) is 6.92 Å². The summed E-state index contributed by atoms with van der Waals surface area (Å²) in [4.78, 5) is 23.4. The number of carbonyl (C=O) groups is 2. The van der Waals surface area contributed by atoms with E-state index in [1.165, 1.54) is 0 Å². The second-order valence-electron chi connectivity index (χ2n) is 5.47. The molecule has 1 aliphatic heterocycles. The molecule has 0 aromatic heterocycles. The first kappa shape index (κ1) is 16.0. The predicted octanol–water partition coefficient (Wildman–Crippen LogP) is 0.938. The highest BCUT2D eigenvalue weighted by Gasteiger charge is 2.23. The predicted molar refractivity (Wildman–Crippen MR) is 75.8 cm³/mol. The summed E-state index contributed by atoms with van der Waals surface area (Å²) in [6.07, 6.45) is 4.36. The number of hydrogen-bond donors (Lipinski definition) is 3. The standard InChI is InChI=1S/C14H27N3O2/c1-4-10(2)17-13(18)8-9-15-14(19)12-7-5-6-11(3)16-12/h10-12,16H,4-9H2,1-3H3,(H,15,19)(H,17,18). The minimum Gasteiger partial charge on any atom is -0.354 e. The summed E-state index contributed by atoms with van der Waals surface area (Å²) >= 11 is 0. The molecule has 0 aromatic rings. The monoisotopic (exact) mass is 269 g/mol. The largest absolute Gasteiger partial charge is 0.354 e. The Hall–Kier alpha value is -1.10. The molecule has 0 aromatic carbocycles. The lowest BCUT2D eigenvalue weighted by Crippen LogP contribution is -2.50. The van der Waals surface area contributed by atoms with Crippen LogP contribution in [-0.2, 0) is 9.59 Å². The molecule has 1 aliphatic rings. The molecule has 0 aliphatic carbocycles. The lowest BCUT2D eigenvalue weighted by atomic mass is 9.99. The third kappa shape index (κ3) is 6.05. The van der Waals surface area contributed by atoms with Gasteiger partial charge in [0.1, 0.15) is 0 Å². The average Bonchev–Trinajstić information content (AvgIpc) is 2.38. The highest BCUT2D eigenvalue weighted by atomic mass is 16.2. The summed E-state index contributed by atoms with van der Waals surface area (Å²) in [5.74, 6) is 0.0162. The SMILES string of the molecule is CCC(C)NC(=O)CCNC(=O)C1CCCC(C)N1. The van der Waals surface area contributed by atoms with Gasteiger partial charge in [-0.2, -0.15) is 0 Å². The van der Waals surface area contributed by atoms with Crippen molar-refractivity contribution in [2.24, 2.45) is 0 Å². The van der Waals surface area contributed by atoms with E-state index < -0.39 is 0 Å². The minimum atomic E-state index is -0.0959. The molecule has 1 heterocycles. The average molecular weight is 269 g/mol. The Morgan fingerprint density at radius 1 is 1.37 bits per heavy atom. The van der Waals surface area contributed by atoms with E-state index in [-0.39, 0.29) is 23.9 Å². The van der Waals surface area contributed by atoms with Gasteiger partial charge < -0.3 is 16.0 Å². The summed E-state index contributed by atoms with van der Waals surface area (Å²) in [6, 6.07) is 0.503. The van der Waals surface area contributed by atoms with Crippen LogP contribution in [0.25, 0.3) is 0 Å². The Kier molecular flexibility index (Phi) is 6.84. The minimum absolute atomic E-state index is 0.000351. The number of rotatable bonds is 6. The molecule has 3 N–H and O–H groups in total. The Morgan fingerprint density at radius 2 is 2.11 bits per heavy atom. The Morgan fingerprint density at radius 3 is 2.74 bits per heavy atom. The maximum absolute atomic E-state index is 11.9. The lowest BCUT2D eigenvalue weighted by molar-refractivity contribution is -0.124. The van der Waals surface area contributed by atoms with Gasteiger partial charge in [-0.3, -0.25) is 9.59 Å². The number of nitrogens with one attached hydrogen (secondary N) is 3. The molecule has 1 fully saturated rings. The van der Waals surface area contributed by atoms with Crippen LogP contribution in [0.2, 0.25) is 0 Å². The van der Waals surface area contributed by atoms with Gasteiger partial charge in [0, 0.05) is 25.0 Å². The topological polar surface area (TPSA) is 70.2 Å². The van der Waals surface area contributed by atoms with Crippen molar-refractivity contribution >= 4 is 11.8 Å². The van der Waals surface area contributed by atoms with Gasteiger partial charge >= 0.3 is 0 Å². The third-order valence-corrected chi connectivity index (χ3v) is 3.60. The van der Waals surface area contributed by atoms with Gasteiger partial charge in [-0.25, -0.2) is 0 Å². The summed E-state index contributed by atoms with van der Waals surface area (Å²) in [5.41, 5.74) is 0. The van der Waals surface area contributed by atoms with Gasteiger partial charge in [-0.05, 0) is 39.5 Å². The summed E-state index contributed by atoms with van der Waals surface area (Å²) in [5, 5.41) is 9.00. The van der Waals surface area contributed by atoms with Crippen molar-refractivity contribution in [3.63, 3.8) is 0 Å². The Bertz CT molecular complexity index is 307. The summed E-state index contributed by atoms with van der Waals surface area (Å²) in [6.45, 7) is 6.51. The molecule has 0 spiro atoms. The Balaban J connectivity index is 2.18. The maximum atomic E-state index is 11.9. The zero-order valence-corrected chi connectivity index (χ0v) is 12.3. The molecule has 19 heavy (non-hydrogen) atoms. The van der Waals surface area contributed by atoms with Crippen LogP contribution in [0.15, 0.2) is 0 Å². The van der Waals surface area contributed by atoms with Gasteiger partial charge in [-0.15, -0.1) is 0 Å². The molecule has 1 rings (SSSR count). The fourth-order valence-corrected chi connectivity index (χ4v) is 2.22. The van der Waals surface area contributed by atoms with Crippen molar-refractivity contribution in [1.29, 1.82) is 0 Å². The molecule has 3 unspecified atom stereocenters. The second-order valence-corrected chi connectivity index (χ2v) is 5.47. The van der Waals surface area contributed by atoms with Crippen molar-refractivity contribution in [1.82, 2.24) is 16.0 Å². The van der Waals surface area contributed by atoms with E-state index in [0.717, 1.165) is 25.7 Å². The number of carbonyl (C=O) groups excluding carboxylic acids is 2. The molecule has 5 nitrogen and oxygen atoms in total. The van der Waals surface area contributed by atoms with Crippen molar-refractivity contribution in [3.05, 3.63) is 0 Å². The molecule has 5 heteroatoms. The fourth-order valence-electron chi connectivity index (χ4n) is 2.22. The van der Waals surface area contributed by atoms with E-state index in [0.29, 0.717) is 19.0 Å². The lowest BCUT2D eigenvalue weighted by Gasteiger charge is -2.27. The van der Waals surface area contributed by atoms with Crippen LogP contribution in [-0.4, -0.2) is 36.5 Å². The molecular weight excluding hydrogens is 242 g/mol. The van der Waals surface area contributed by atoms with Crippen LogP contribution in [0.4, 0.5) is 0 Å². The first-order valence-electron chi connectivity index (χ1n) is 7.36. The van der Waals surface area contributed by atoms with Crippen molar-refractivity contribution < 1.29 is 9.59 Å². The van der Waals surface area contributed by atoms with Crippen molar-refractivity contribution in [2.75, 3.05) is 6.54 Å². The molecule has 0 bridgehead atoms. The van der Waals surface area contributed by atoms with Crippen LogP contribution >= 0.6 is 0 Å². The van der Waals surface area contributed by atoms with E-state index in [1.807, 2.05) is 13.8 Å². The first-order chi connectivity index (χ1) is 9.02. The maximum Gasteiger partial charge on any atom is 0.237 e. The molecule has 0 saturated carbocycles. The van der Waals surface area contributed by atoms with Crippen molar-refractivity contribution in [3.8, 4) is 0 Å². The number of piperidine rings is 1. The first-order valence-corrected chi connectivity index (χ1v) is 7.36. The second kappa shape index (κ2) is 8.15. The molecule has 2 amide bonds. The molecule has 110 valence electrons. The fraction of sp³-hybridized carbons (Fsp3) is 0.857. The van der Waals surface area contributed by atoms with Crippen LogP contribution in [0.3, 0.4) is 0 Å². The summed E-state index contributed by atoms with van der Waals surface area (Å²) < 4.78 is 0. The van der Waals surface area contributed by atoms with Crippen LogP contribution < -0.4 is 16.0 Å².